The number of esters is 2. The van der Waals surface area contributed by atoms with Crippen molar-refractivity contribution in [2.75, 3.05) is 7.11 Å². The molecule has 1 aliphatic rings. The molecule has 1 fully saturated rings. The van der Waals surface area contributed by atoms with Crippen molar-refractivity contribution < 1.29 is 28.2 Å². The molecule has 0 bridgehead atoms. The highest BCUT2D eigenvalue weighted by molar-refractivity contribution is 6.33. The number of carbonyl (C=O) groups excluding carboxylic acids is 2. The molecule has 1 aliphatic heterocycles. The van der Waals surface area contributed by atoms with E-state index in [1.54, 1.807) is 48.5 Å². The van der Waals surface area contributed by atoms with Crippen molar-refractivity contribution in [3.8, 4) is 0 Å². The van der Waals surface area contributed by atoms with E-state index in [1.165, 1.54) is 44.2 Å². The van der Waals surface area contributed by atoms with E-state index in [-0.39, 0.29) is 27.4 Å². The lowest BCUT2D eigenvalue weighted by molar-refractivity contribution is -0.0959. The van der Waals surface area contributed by atoms with Gasteiger partial charge in [0.05, 0.1) is 24.6 Å². The van der Waals surface area contributed by atoms with Crippen molar-refractivity contribution >= 4 is 34.7 Å². The van der Waals surface area contributed by atoms with Crippen molar-refractivity contribution in [3.63, 3.8) is 0 Å². The number of hydrogen-bond donors (Lipinski definition) is 0. The monoisotopic (exact) mass is 524 g/mol. The molecule has 37 heavy (non-hydrogen) atoms. The summed E-state index contributed by atoms with van der Waals surface area (Å²) in [6, 6.07) is 14.7. The van der Waals surface area contributed by atoms with E-state index in [0.29, 0.717) is 5.56 Å². The molecule has 0 radical (unpaired) electrons. The number of fused-ring (bicyclic) bond motifs is 1. The maximum atomic E-state index is 17.1. The first-order chi connectivity index (χ1) is 17.7. The molecule has 0 N–H and O–H groups in total. The number of hydrogen-bond acceptors (Lipinski definition) is 8. The summed E-state index contributed by atoms with van der Waals surface area (Å²) in [5.41, 5.74) is -3.11. The SMILES string of the molecule is COC(=O)c1ccccc1[C@H]1O[C@@H](n2cnc3c(Cl)ncnc32)[C@](C)(F)[C@]1(C)OC(=O)c1ccccc1. The van der Waals surface area contributed by atoms with Crippen LogP contribution in [-0.2, 0) is 14.2 Å². The van der Waals surface area contributed by atoms with Crippen LogP contribution < -0.4 is 0 Å². The molecule has 0 saturated carbocycles. The maximum absolute atomic E-state index is 17.1. The smallest absolute Gasteiger partial charge is 0.338 e. The number of halogens is 2. The van der Waals surface area contributed by atoms with Gasteiger partial charge in [-0.25, -0.2) is 28.9 Å². The molecule has 190 valence electrons. The van der Waals surface area contributed by atoms with Crippen LogP contribution in [-0.4, -0.2) is 49.8 Å². The number of ether oxygens (including phenoxy) is 3. The van der Waals surface area contributed by atoms with Crippen LogP contribution in [0.15, 0.2) is 67.3 Å². The average Bonchev–Trinajstić information content (AvgIpc) is 3.41. The second kappa shape index (κ2) is 9.20. The van der Waals surface area contributed by atoms with Gasteiger partial charge in [-0.1, -0.05) is 48.0 Å². The number of rotatable bonds is 5. The Kier molecular flexibility index (Phi) is 6.17. The first kappa shape index (κ1) is 24.8. The summed E-state index contributed by atoms with van der Waals surface area (Å²) in [4.78, 5) is 38.1. The second-order valence-electron chi connectivity index (χ2n) is 8.87. The van der Waals surface area contributed by atoms with Gasteiger partial charge in [0.15, 0.2) is 28.3 Å². The highest BCUT2D eigenvalue weighted by Crippen LogP contribution is 2.57. The molecular formula is C26H22ClFN4O5. The normalized spacial score (nSPS) is 25.2. The minimum absolute atomic E-state index is 0.0909. The van der Waals surface area contributed by atoms with E-state index in [9.17, 15) is 9.59 Å². The van der Waals surface area contributed by atoms with Crippen molar-refractivity contribution in [1.82, 2.24) is 19.5 Å². The van der Waals surface area contributed by atoms with Gasteiger partial charge in [-0.05, 0) is 37.6 Å². The van der Waals surface area contributed by atoms with Gasteiger partial charge in [0.1, 0.15) is 17.9 Å². The lowest BCUT2D eigenvalue weighted by Crippen LogP contribution is -2.51. The first-order valence-corrected chi connectivity index (χ1v) is 11.7. The Morgan fingerprint density at radius 3 is 2.46 bits per heavy atom. The van der Waals surface area contributed by atoms with Gasteiger partial charge in [0.2, 0.25) is 0 Å². The number of imidazole rings is 1. The Balaban J connectivity index is 1.67. The Morgan fingerprint density at radius 2 is 1.73 bits per heavy atom. The molecule has 1 saturated heterocycles. The number of aromatic nitrogens is 4. The lowest BCUT2D eigenvalue weighted by Gasteiger charge is -2.37. The maximum Gasteiger partial charge on any atom is 0.338 e. The van der Waals surface area contributed by atoms with E-state index >= 15 is 4.39 Å². The van der Waals surface area contributed by atoms with E-state index in [2.05, 4.69) is 15.0 Å². The third-order valence-corrected chi connectivity index (χ3v) is 7.01. The molecule has 0 spiro atoms. The van der Waals surface area contributed by atoms with E-state index in [4.69, 9.17) is 25.8 Å². The van der Waals surface area contributed by atoms with Crippen molar-refractivity contribution in [3.05, 3.63) is 89.1 Å². The first-order valence-electron chi connectivity index (χ1n) is 11.3. The van der Waals surface area contributed by atoms with Crippen molar-refractivity contribution in [1.29, 1.82) is 0 Å². The van der Waals surface area contributed by atoms with Crippen LogP contribution in [0.25, 0.3) is 11.2 Å². The van der Waals surface area contributed by atoms with E-state index in [0.717, 1.165) is 0 Å². The van der Waals surface area contributed by atoms with Crippen LogP contribution in [0, 0.1) is 0 Å². The van der Waals surface area contributed by atoms with Gasteiger partial charge in [0, 0.05) is 0 Å². The second-order valence-corrected chi connectivity index (χ2v) is 9.23. The summed E-state index contributed by atoms with van der Waals surface area (Å²) in [6.07, 6.45) is -0.0219. The minimum Gasteiger partial charge on any atom is -0.465 e. The zero-order chi connectivity index (χ0) is 26.4. The van der Waals surface area contributed by atoms with Crippen LogP contribution >= 0.6 is 11.6 Å². The summed E-state index contributed by atoms with van der Waals surface area (Å²) >= 11 is 6.15. The molecule has 0 aliphatic carbocycles. The fourth-order valence-corrected chi connectivity index (χ4v) is 4.76. The number of alkyl halides is 1. The van der Waals surface area contributed by atoms with E-state index in [1.807, 2.05) is 0 Å². The predicted molar refractivity (Wildman–Crippen MR) is 131 cm³/mol. The quantitative estimate of drug-likeness (QED) is 0.269. The van der Waals surface area contributed by atoms with Gasteiger partial charge >= 0.3 is 11.9 Å². The Labute approximate surface area is 216 Å². The molecule has 11 heteroatoms. The van der Waals surface area contributed by atoms with Crippen LogP contribution in [0.1, 0.15) is 52.5 Å². The van der Waals surface area contributed by atoms with Crippen LogP contribution in [0.3, 0.4) is 0 Å². The molecule has 0 unspecified atom stereocenters. The Hall–Kier alpha value is -3.89. The van der Waals surface area contributed by atoms with Gasteiger partial charge in [-0.2, -0.15) is 0 Å². The Morgan fingerprint density at radius 1 is 1.03 bits per heavy atom. The molecule has 4 aromatic rings. The van der Waals surface area contributed by atoms with Gasteiger partial charge in [-0.3, -0.25) is 4.57 Å². The topological polar surface area (TPSA) is 105 Å². The number of methoxy groups -OCH3 is 1. The molecule has 3 heterocycles. The third-order valence-electron chi connectivity index (χ3n) is 6.73. The van der Waals surface area contributed by atoms with Gasteiger partial charge < -0.3 is 14.2 Å². The Bertz CT molecular complexity index is 1490. The van der Waals surface area contributed by atoms with Crippen LogP contribution in [0.2, 0.25) is 5.15 Å². The molecule has 2 aromatic heterocycles. The zero-order valence-electron chi connectivity index (χ0n) is 20.1. The van der Waals surface area contributed by atoms with Crippen molar-refractivity contribution in [2.24, 2.45) is 0 Å². The van der Waals surface area contributed by atoms with Crippen molar-refractivity contribution in [2.45, 2.75) is 37.4 Å². The summed E-state index contributed by atoms with van der Waals surface area (Å²) in [5, 5.41) is 0.0909. The molecular weight excluding hydrogens is 503 g/mol. The van der Waals surface area contributed by atoms with Crippen LogP contribution in [0.5, 0.6) is 0 Å². The predicted octanol–water partition coefficient (Wildman–Crippen LogP) is 4.88. The molecule has 2 aromatic carbocycles. The highest BCUT2D eigenvalue weighted by Gasteiger charge is 2.67. The van der Waals surface area contributed by atoms with Crippen LogP contribution in [0.4, 0.5) is 4.39 Å². The molecule has 5 rings (SSSR count). The number of nitrogens with zero attached hydrogens (tertiary/aromatic N) is 4. The highest BCUT2D eigenvalue weighted by atomic mass is 35.5. The fraction of sp³-hybridized carbons (Fsp3) is 0.269. The standard InChI is InChI=1S/C26H22ClFN4O5/c1-25(28)24(32-14-31-18-20(27)29-13-30-21(18)32)36-19(16-11-7-8-12-17(16)23(34)35-3)26(25,2)37-22(33)15-9-5-4-6-10-15/h4-14,19,24H,1-3H3/t19-,24-,25+,26-/m1/s1. The zero-order valence-corrected chi connectivity index (χ0v) is 20.8. The summed E-state index contributed by atoms with van der Waals surface area (Å²) in [5.74, 6) is -1.40. The molecule has 9 nitrogen and oxygen atoms in total. The minimum atomic E-state index is -2.35. The number of benzene rings is 2. The molecule has 0 amide bonds. The third kappa shape index (κ3) is 3.93. The fourth-order valence-electron chi connectivity index (χ4n) is 4.58. The lowest BCUT2D eigenvalue weighted by atomic mass is 9.80. The summed E-state index contributed by atoms with van der Waals surface area (Å²) in [7, 11) is 1.24. The van der Waals surface area contributed by atoms with Gasteiger partial charge in [-0.15, -0.1) is 0 Å². The largest absolute Gasteiger partial charge is 0.465 e. The summed E-state index contributed by atoms with van der Waals surface area (Å²) < 4.78 is 35.6. The molecule has 4 atom stereocenters. The van der Waals surface area contributed by atoms with Gasteiger partial charge in [0.25, 0.3) is 0 Å². The van der Waals surface area contributed by atoms with E-state index < -0.39 is 35.5 Å². The summed E-state index contributed by atoms with van der Waals surface area (Å²) in [6.45, 7) is 2.71. The average molecular weight is 525 g/mol. The number of carbonyl (C=O) groups is 2.